The predicted octanol–water partition coefficient (Wildman–Crippen LogP) is 1.57. The summed E-state index contributed by atoms with van der Waals surface area (Å²) in [5, 5.41) is 1.28. The van der Waals surface area contributed by atoms with Crippen molar-refractivity contribution in [2.75, 3.05) is 37.8 Å². The molecule has 0 atom stereocenters. The zero-order chi connectivity index (χ0) is 20.7. The Hall–Kier alpha value is -2.46. The first-order chi connectivity index (χ1) is 13.8. The maximum Gasteiger partial charge on any atom is 0.257 e. The summed E-state index contributed by atoms with van der Waals surface area (Å²) >= 11 is 2.76. The van der Waals surface area contributed by atoms with Crippen molar-refractivity contribution >= 4 is 45.8 Å². The Labute approximate surface area is 176 Å². The summed E-state index contributed by atoms with van der Waals surface area (Å²) in [5.74, 6) is 0.0502. The molecule has 0 unspecified atom stereocenters. The second-order valence-electron chi connectivity index (χ2n) is 7.13. The number of nitrogens with zero attached hydrogens (tertiary/aromatic N) is 5. The number of aromatic nitrogens is 2. The molecule has 3 amide bonds. The molecule has 0 saturated carbocycles. The van der Waals surface area contributed by atoms with Crippen LogP contribution in [0.15, 0.2) is 17.4 Å². The SMILES string of the molecule is Cc1ccnc(SCC(=O)N2CCc3c(sc4c3C(=O)N(C)CC(=O)N4C)C2)n1. The van der Waals surface area contributed by atoms with Gasteiger partial charge in [0, 0.05) is 37.4 Å². The molecule has 152 valence electrons. The van der Waals surface area contributed by atoms with Crippen LogP contribution in [0.2, 0.25) is 0 Å². The van der Waals surface area contributed by atoms with Crippen LogP contribution in [0.25, 0.3) is 0 Å². The normalized spacial score (nSPS) is 16.6. The Morgan fingerprint density at radius 3 is 2.83 bits per heavy atom. The van der Waals surface area contributed by atoms with Gasteiger partial charge in [0.15, 0.2) is 5.16 Å². The minimum Gasteiger partial charge on any atom is -0.336 e. The quantitative estimate of drug-likeness (QED) is 0.542. The van der Waals surface area contributed by atoms with E-state index < -0.39 is 0 Å². The first kappa shape index (κ1) is 19.8. The highest BCUT2D eigenvalue weighted by molar-refractivity contribution is 7.99. The first-order valence-corrected chi connectivity index (χ1v) is 11.0. The van der Waals surface area contributed by atoms with Crippen LogP contribution in [0.5, 0.6) is 0 Å². The molecule has 0 fully saturated rings. The van der Waals surface area contributed by atoms with E-state index in [2.05, 4.69) is 9.97 Å². The van der Waals surface area contributed by atoms with Crippen molar-refractivity contribution in [3.8, 4) is 0 Å². The van der Waals surface area contributed by atoms with E-state index in [1.807, 2.05) is 13.0 Å². The van der Waals surface area contributed by atoms with Crippen LogP contribution >= 0.6 is 23.1 Å². The van der Waals surface area contributed by atoms with Crippen molar-refractivity contribution < 1.29 is 14.4 Å². The Morgan fingerprint density at radius 2 is 2.07 bits per heavy atom. The fourth-order valence-corrected chi connectivity index (χ4v) is 5.57. The fraction of sp³-hybridized carbons (Fsp3) is 0.421. The number of carbonyl (C=O) groups excluding carboxylic acids is 3. The Balaban J connectivity index is 1.51. The predicted molar refractivity (Wildman–Crippen MR) is 111 cm³/mol. The van der Waals surface area contributed by atoms with E-state index in [9.17, 15) is 14.4 Å². The van der Waals surface area contributed by atoms with Gasteiger partial charge in [-0.2, -0.15) is 0 Å². The molecule has 29 heavy (non-hydrogen) atoms. The third-order valence-electron chi connectivity index (χ3n) is 5.10. The molecule has 2 aliphatic rings. The van der Waals surface area contributed by atoms with Gasteiger partial charge < -0.3 is 14.7 Å². The van der Waals surface area contributed by atoms with Crippen molar-refractivity contribution in [3.63, 3.8) is 0 Å². The summed E-state index contributed by atoms with van der Waals surface area (Å²) in [6.07, 6.45) is 2.30. The summed E-state index contributed by atoms with van der Waals surface area (Å²) in [4.78, 5) is 52.2. The van der Waals surface area contributed by atoms with Crippen LogP contribution in [-0.2, 0) is 22.6 Å². The number of carbonyl (C=O) groups is 3. The second kappa shape index (κ2) is 7.75. The molecule has 10 heteroatoms. The molecule has 4 heterocycles. The number of hydrogen-bond donors (Lipinski definition) is 0. The molecule has 0 spiro atoms. The lowest BCUT2D eigenvalue weighted by atomic mass is 10.0. The van der Waals surface area contributed by atoms with Crippen molar-refractivity contribution in [1.82, 2.24) is 19.8 Å². The van der Waals surface area contributed by atoms with E-state index in [0.29, 0.717) is 35.2 Å². The van der Waals surface area contributed by atoms with Crippen LogP contribution in [0.3, 0.4) is 0 Å². The second-order valence-corrected chi connectivity index (χ2v) is 9.16. The summed E-state index contributed by atoms with van der Waals surface area (Å²) in [7, 11) is 3.35. The zero-order valence-electron chi connectivity index (χ0n) is 16.5. The van der Waals surface area contributed by atoms with Crippen LogP contribution in [0, 0.1) is 6.92 Å². The zero-order valence-corrected chi connectivity index (χ0v) is 18.1. The monoisotopic (exact) mass is 431 g/mol. The summed E-state index contributed by atoms with van der Waals surface area (Å²) < 4.78 is 0. The number of likely N-dealkylation sites (N-methyl/N-ethyl adjacent to an activating group) is 2. The molecular formula is C19H21N5O3S2. The number of amides is 3. The Bertz CT molecular complexity index is 1010. The maximum absolute atomic E-state index is 12.8. The molecule has 0 aromatic carbocycles. The standard InChI is InChI=1S/C19H21N5O3S2/c1-11-4-6-20-19(21-11)28-10-15(26)24-7-5-12-13(8-24)29-18-16(12)17(27)22(2)9-14(25)23(18)3/h4,6H,5,7-10H2,1-3H3. The molecule has 2 aliphatic heterocycles. The number of aryl methyl sites for hydroxylation is 1. The van der Waals surface area contributed by atoms with E-state index in [1.54, 1.807) is 30.1 Å². The summed E-state index contributed by atoms with van der Waals surface area (Å²) in [6, 6.07) is 1.82. The molecule has 0 radical (unpaired) electrons. The summed E-state index contributed by atoms with van der Waals surface area (Å²) in [5.41, 5.74) is 2.46. The van der Waals surface area contributed by atoms with Crippen LogP contribution in [0.4, 0.5) is 5.00 Å². The maximum atomic E-state index is 12.8. The average molecular weight is 432 g/mol. The molecule has 2 aromatic heterocycles. The van der Waals surface area contributed by atoms with E-state index >= 15 is 0 Å². The van der Waals surface area contributed by atoms with Gasteiger partial charge in [-0.25, -0.2) is 9.97 Å². The van der Waals surface area contributed by atoms with Gasteiger partial charge in [0.05, 0.1) is 17.9 Å². The smallest absolute Gasteiger partial charge is 0.257 e. The Kier molecular flexibility index (Phi) is 5.30. The molecule has 2 aromatic rings. The van der Waals surface area contributed by atoms with Crippen molar-refractivity contribution in [1.29, 1.82) is 0 Å². The summed E-state index contributed by atoms with van der Waals surface area (Å²) in [6.45, 7) is 2.98. The molecular weight excluding hydrogens is 410 g/mol. The number of rotatable bonds is 3. The Morgan fingerprint density at radius 1 is 1.28 bits per heavy atom. The molecule has 0 N–H and O–H groups in total. The molecule has 0 saturated heterocycles. The van der Waals surface area contributed by atoms with Gasteiger partial charge in [0.25, 0.3) is 5.91 Å². The minimum atomic E-state index is -0.123. The van der Waals surface area contributed by atoms with Crippen molar-refractivity contribution in [2.45, 2.75) is 25.0 Å². The van der Waals surface area contributed by atoms with E-state index in [0.717, 1.165) is 16.1 Å². The number of anilines is 1. The van der Waals surface area contributed by atoms with Crippen LogP contribution in [-0.4, -0.2) is 70.4 Å². The lowest BCUT2D eigenvalue weighted by Crippen LogP contribution is -2.38. The van der Waals surface area contributed by atoms with Gasteiger partial charge in [-0.05, 0) is 25.0 Å². The highest BCUT2D eigenvalue weighted by Crippen LogP contribution is 2.40. The third kappa shape index (κ3) is 3.74. The van der Waals surface area contributed by atoms with Gasteiger partial charge in [-0.1, -0.05) is 11.8 Å². The fourth-order valence-electron chi connectivity index (χ4n) is 3.46. The van der Waals surface area contributed by atoms with E-state index in [-0.39, 0.29) is 30.0 Å². The van der Waals surface area contributed by atoms with Crippen molar-refractivity contribution in [3.05, 3.63) is 34.0 Å². The number of fused-ring (bicyclic) bond motifs is 3. The van der Waals surface area contributed by atoms with Gasteiger partial charge >= 0.3 is 0 Å². The lowest BCUT2D eigenvalue weighted by Gasteiger charge is -2.27. The average Bonchev–Trinajstić information content (AvgIpc) is 3.06. The minimum absolute atomic E-state index is 0.0159. The highest BCUT2D eigenvalue weighted by Gasteiger charge is 2.36. The van der Waals surface area contributed by atoms with Crippen LogP contribution < -0.4 is 4.90 Å². The number of thiophene rings is 1. The van der Waals surface area contributed by atoms with Crippen molar-refractivity contribution in [2.24, 2.45) is 0 Å². The van der Waals surface area contributed by atoms with E-state index in [1.165, 1.54) is 28.0 Å². The molecule has 8 nitrogen and oxygen atoms in total. The lowest BCUT2D eigenvalue weighted by molar-refractivity contribution is -0.129. The van der Waals surface area contributed by atoms with Gasteiger partial charge in [0.2, 0.25) is 11.8 Å². The molecule has 0 aliphatic carbocycles. The number of hydrogen-bond acceptors (Lipinski definition) is 7. The van der Waals surface area contributed by atoms with Gasteiger partial charge in [-0.3, -0.25) is 14.4 Å². The highest BCUT2D eigenvalue weighted by atomic mass is 32.2. The van der Waals surface area contributed by atoms with E-state index in [4.69, 9.17) is 0 Å². The molecule has 0 bridgehead atoms. The van der Waals surface area contributed by atoms with Crippen LogP contribution in [0.1, 0.15) is 26.5 Å². The molecule has 4 rings (SSSR count). The number of thioether (sulfide) groups is 1. The first-order valence-electron chi connectivity index (χ1n) is 9.22. The topological polar surface area (TPSA) is 86.7 Å². The largest absolute Gasteiger partial charge is 0.336 e. The van der Waals surface area contributed by atoms with Gasteiger partial charge in [-0.15, -0.1) is 11.3 Å². The van der Waals surface area contributed by atoms with Gasteiger partial charge in [0.1, 0.15) is 11.5 Å². The third-order valence-corrected chi connectivity index (χ3v) is 7.24.